The monoisotopic (exact) mass is 162 g/mol. The highest BCUT2D eigenvalue weighted by atomic mass is 16.3. The van der Waals surface area contributed by atoms with Crippen LogP contribution >= 0.6 is 0 Å². The van der Waals surface area contributed by atoms with Crippen LogP contribution in [0.3, 0.4) is 0 Å². The lowest BCUT2D eigenvalue weighted by Crippen LogP contribution is -2.22. The molecule has 12 heavy (non-hydrogen) atoms. The number of Topliss-reactive ketones (excluding diaryl/α,β-unsaturated/α-hetero) is 1. The van der Waals surface area contributed by atoms with Gasteiger partial charge in [0.05, 0.1) is 11.8 Å². The molecule has 1 saturated carbocycles. The fourth-order valence-electron chi connectivity index (χ4n) is 2.12. The number of hydrogen-bond donors (Lipinski definition) is 0. The smallest absolute Gasteiger partial charge is 0.172 e. The number of ketones is 1. The van der Waals surface area contributed by atoms with Crippen molar-refractivity contribution in [2.24, 2.45) is 5.41 Å². The predicted molar refractivity (Wildman–Crippen MR) is 43.0 cm³/mol. The first-order valence-electron chi connectivity index (χ1n) is 4.43. The Morgan fingerprint density at radius 2 is 2.17 bits per heavy atom. The standard InChI is InChI=1S/C10H10O2/c11-9-7-2-6-12-8(7)1-3-10(9)4-5-10/h2,6H,1,3-5H2. The number of hydrogen-bond acceptors (Lipinski definition) is 2. The number of rotatable bonds is 0. The fraction of sp³-hybridized carbons (Fsp3) is 0.500. The molecule has 2 heteroatoms. The molecule has 2 aliphatic carbocycles. The molecule has 0 saturated heterocycles. The molecule has 62 valence electrons. The third-order valence-corrected chi connectivity index (χ3v) is 3.16. The maximum Gasteiger partial charge on any atom is 0.172 e. The topological polar surface area (TPSA) is 30.2 Å². The van der Waals surface area contributed by atoms with E-state index in [9.17, 15) is 4.79 Å². The Balaban J connectivity index is 2.13. The Bertz CT molecular complexity index is 344. The van der Waals surface area contributed by atoms with Crippen molar-refractivity contribution in [3.05, 3.63) is 23.7 Å². The van der Waals surface area contributed by atoms with E-state index in [0.29, 0.717) is 5.78 Å². The van der Waals surface area contributed by atoms with Gasteiger partial charge in [-0.25, -0.2) is 0 Å². The van der Waals surface area contributed by atoms with Gasteiger partial charge in [0, 0.05) is 11.8 Å². The van der Waals surface area contributed by atoms with Crippen LogP contribution in [-0.2, 0) is 6.42 Å². The Kier molecular flexibility index (Phi) is 0.978. The first-order valence-corrected chi connectivity index (χ1v) is 4.43. The van der Waals surface area contributed by atoms with Gasteiger partial charge in [0.2, 0.25) is 0 Å². The average Bonchev–Trinajstić information content (AvgIpc) is 2.69. The van der Waals surface area contributed by atoms with Crippen LogP contribution in [0.5, 0.6) is 0 Å². The van der Waals surface area contributed by atoms with E-state index in [4.69, 9.17) is 4.42 Å². The number of carbonyl (C=O) groups excluding carboxylic acids is 1. The van der Waals surface area contributed by atoms with Gasteiger partial charge in [-0.2, -0.15) is 0 Å². The summed E-state index contributed by atoms with van der Waals surface area (Å²) in [6.45, 7) is 0. The molecule has 2 aliphatic rings. The lowest BCUT2D eigenvalue weighted by molar-refractivity contribution is 0.0875. The average molecular weight is 162 g/mol. The van der Waals surface area contributed by atoms with Gasteiger partial charge in [-0.05, 0) is 25.3 Å². The van der Waals surface area contributed by atoms with Crippen molar-refractivity contribution in [2.75, 3.05) is 0 Å². The highest BCUT2D eigenvalue weighted by molar-refractivity contribution is 6.03. The van der Waals surface area contributed by atoms with E-state index in [2.05, 4.69) is 0 Å². The van der Waals surface area contributed by atoms with E-state index in [1.54, 1.807) is 6.26 Å². The van der Waals surface area contributed by atoms with Gasteiger partial charge < -0.3 is 4.42 Å². The summed E-state index contributed by atoms with van der Waals surface area (Å²) >= 11 is 0. The van der Waals surface area contributed by atoms with Crippen molar-refractivity contribution >= 4 is 5.78 Å². The second kappa shape index (κ2) is 1.82. The van der Waals surface area contributed by atoms with Gasteiger partial charge in [0.15, 0.2) is 5.78 Å². The zero-order chi connectivity index (χ0) is 8.18. The van der Waals surface area contributed by atoms with Crippen molar-refractivity contribution in [3.8, 4) is 0 Å². The first kappa shape index (κ1) is 6.46. The summed E-state index contributed by atoms with van der Waals surface area (Å²) < 4.78 is 5.23. The largest absolute Gasteiger partial charge is 0.469 e. The molecule has 0 N–H and O–H groups in total. The van der Waals surface area contributed by atoms with Gasteiger partial charge in [-0.1, -0.05) is 0 Å². The number of fused-ring (bicyclic) bond motifs is 1. The van der Waals surface area contributed by atoms with Crippen LogP contribution in [0.2, 0.25) is 0 Å². The summed E-state index contributed by atoms with van der Waals surface area (Å²) in [4.78, 5) is 11.8. The number of aryl methyl sites for hydroxylation is 1. The van der Waals surface area contributed by atoms with Crippen molar-refractivity contribution in [3.63, 3.8) is 0 Å². The maximum absolute atomic E-state index is 11.8. The molecule has 1 aromatic heterocycles. The minimum Gasteiger partial charge on any atom is -0.469 e. The molecule has 0 aromatic carbocycles. The second-order valence-corrected chi connectivity index (χ2v) is 3.87. The SMILES string of the molecule is O=C1c2ccoc2CCC12CC2. The van der Waals surface area contributed by atoms with Crippen LogP contribution in [0.15, 0.2) is 16.7 Å². The van der Waals surface area contributed by atoms with Gasteiger partial charge >= 0.3 is 0 Å². The molecule has 0 bridgehead atoms. The van der Waals surface area contributed by atoms with Gasteiger partial charge in [0.1, 0.15) is 5.76 Å². The molecule has 1 aromatic rings. The summed E-state index contributed by atoms with van der Waals surface area (Å²) in [5, 5.41) is 0. The van der Waals surface area contributed by atoms with Crippen LogP contribution in [0.4, 0.5) is 0 Å². The van der Waals surface area contributed by atoms with E-state index < -0.39 is 0 Å². The second-order valence-electron chi connectivity index (χ2n) is 3.87. The summed E-state index contributed by atoms with van der Waals surface area (Å²) in [7, 11) is 0. The lowest BCUT2D eigenvalue weighted by atomic mass is 9.84. The van der Waals surface area contributed by atoms with Crippen LogP contribution in [-0.4, -0.2) is 5.78 Å². The molecule has 0 unspecified atom stereocenters. The summed E-state index contributed by atoms with van der Waals surface area (Å²) in [6.07, 6.45) is 5.78. The normalized spacial score (nSPS) is 24.2. The zero-order valence-corrected chi connectivity index (χ0v) is 6.80. The van der Waals surface area contributed by atoms with Gasteiger partial charge in [-0.3, -0.25) is 4.79 Å². The Labute approximate surface area is 70.6 Å². The minimum absolute atomic E-state index is 0.0525. The Morgan fingerprint density at radius 3 is 2.92 bits per heavy atom. The molecule has 3 rings (SSSR count). The quantitative estimate of drug-likeness (QED) is 0.585. The molecule has 1 heterocycles. The number of furan rings is 1. The van der Waals surface area contributed by atoms with Crippen LogP contribution in [0.1, 0.15) is 35.4 Å². The predicted octanol–water partition coefficient (Wildman–Crippen LogP) is 2.19. The van der Waals surface area contributed by atoms with Gasteiger partial charge in [-0.15, -0.1) is 0 Å². The molecule has 0 amide bonds. The highest BCUT2D eigenvalue weighted by Gasteiger charge is 2.52. The number of carbonyl (C=O) groups is 1. The molecule has 0 aliphatic heterocycles. The molecule has 0 radical (unpaired) electrons. The molecular weight excluding hydrogens is 152 g/mol. The first-order chi connectivity index (χ1) is 5.82. The van der Waals surface area contributed by atoms with Crippen LogP contribution < -0.4 is 0 Å². The van der Waals surface area contributed by atoms with E-state index in [1.165, 1.54) is 0 Å². The van der Waals surface area contributed by atoms with E-state index in [-0.39, 0.29) is 5.41 Å². The summed E-state index contributed by atoms with van der Waals surface area (Å²) in [6, 6.07) is 1.82. The van der Waals surface area contributed by atoms with E-state index in [0.717, 1.165) is 37.0 Å². The van der Waals surface area contributed by atoms with E-state index >= 15 is 0 Å². The summed E-state index contributed by atoms with van der Waals surface area (Å²) in [5.74, 6) is 1.23. The zero-order valence-electron chi connectivity index (χ0n) is 6.80. The van der Waals surface area contributed by atoms with Crippen molar-refractivity contribution in [1.29, 1.82) is 0 Å². The van der Waals surface area contributed by atoms with Crippen molar-refractivity contribution < 1.29 is 9.21 Å². The maximum atomic E-state index is 11.8. The molecule has 0 atom stereocenters. The van der Waals surface area contributed by atoms with Gasteiger partial charge in [0.25, 0.3) is 0 Å². The Hall–Kier alpha value is -1.05. The molecule has 1 fully saturated rings. The molecular formula is C10H10O2. The lowest BCUT2D eigenvalue weighted by Gasteiger charge is -2.18. The Morgan fingerprint density at radius 1 is 1.33 bits per heavy atom. The third kappa shape index (κ3) is 0.631. The third-order valence-electron chi connectivity index (χ3n) is 3.16. The molecule has 1 spiro atoms. The summed E-state index contributed by atoms with van der Waals surface area (Å²) in [5.41, 5.74) is 0.899. The van der Waals surface area contributed by atoms with Crippen molar-refractivity contribution in [2.45, 2.75) is 25.7 Å². The minimum atomic E-state index is 0.0525. The molecule has 2 nitrogen and oxygen atoms in total. The van der Waals surface area contributed by atoms with Crippen LogP contribution in [0, 0.1) is 5.41 Å². The highest BCUT2D eigenvalue weighted by Crippen LogP contribution is 2.54. The van der Waals surface area contributed by atoms with Crippen molar-refractivity contribution in [1.82, 2.24) is 0 Å². The van der Waals surface area contributed by atoms with E-state index in [1.807, 2.05) is 6.07 Å². The van der Waals surface area contributed by atoms with Crippen LogP contribution in [0.25, 0.3) is 0 Å². The fourth-order valence-corrected chi connectivity index (χ4v) is 2.12.